The molecule has 0 unspecified atom stereocenters. The quantitative estimate of drug-likeness (QED) is 0.298. The van der Waals surface area contributed by atoms with Gasteiger partial charge in [-0.1, -0.05) is 12.1 Å². The predicted octanol–water partition coefficient (Wildman–Crippen LogP) is 6.95. The molecule has 0 atom stereocenters. The van der Waals surface area contributed by atoms with E-state index in [2.05, 4.69) is 5.14 Å². The highest BCUT2D eigenvalue weighted by molar-refractivity contribution is 7.89. The van der Waals surface area contributed by atoms with Crippen molar-refractivity contribution in [2.24, 2.45) is 5.14 Å². The van der Waals surface area contributed by atoms with Crippen LogP contribution < -0.4 is 5.14 Å². The number of hydrogen-bond acceptors (Lipinski definition) is 2. The van der Waals surface area contributed by atoms with Gasteiger partial charge >= 0.3 is 47.6 Å². The minimum atomic E-state index is -8.96. The second-order valence-electron chi connectivity index (χ2n) is 7.22. The van der Waals surface area contributed by atoms with Gasteiger partial charge in [0.2, 0.25) is 15.9 Å². The van der Waals surface area contributed by atoms with E-state index in [9.17, 15) is 91.8 Å². The molecule has 2 N–H and O–H groups in total. The molecule has 0 aliphatic rings. The summed E-state index contributed by atoms with van der Waals surface area (Å²) >= 11 is 0. The largest absolute Gasteiger partial charge is 0.460 e. The monoisotopic (exact) mass is 637 g/mol. The van der Waals surface area contributed by atoms with Crippen LogP contribution in [0.1, 0.15) is 5.56 Å². The van der Waals surface area contributed by atoms with Crippen LogP contribution in [-0.4, -0.2) is 56.1 Å². The molecule has 226 valence electrons. The van der Waals surface area contributed by atoms with Crippen LogP contribution in [0.25, 0.3) is 5.83 Å². The Morgan fingerprint density at radius 1 is 0.538 bits per heavy atom. The third-order valence-corrected chi connectivity index (χ3v) is 5.56. The van der Waals surface area contributed by atoms with Gasteiger partial charge in [-0.15, -0.1) is 0 Å². The molecular weight excluding hydrogens is 631 g/mol. The van der Waals surface area contributed by atoms with E-state index in [1.165, 1.54) is 0 Å². The summed E-state index contributed by atoms with van der Waals surface area (Å²) in [5.41, 5.74) is -1.76. The average Bonchev–Trinajstić information content (AvgIpc) is 2.75. The first-order valence-corrected chi connectivity index (χ1v) is 10.2. The van der Waals surface area contributed by atoms with E-state index in [-0.39, 0.29) is 24.3 Å². The van der Waals surface area contributed by atoms with Crippen molar-refractivity contribution in [2.75, 3.05) is 0 Å². The van der Waals surface area contributed by atoms with Crippen molar-refractivity contribution >= 4 is 15.9 Å². The Morgan fingerprint density at radius 2 is 0.846 bits per heavy atom. The molecule has 1 rings (SSSR count). The maximum Gasteiger partial charge on any atom is 0.460 e. The molecule has 0 saturated carbocycles. The van der Waals surface area contributed by atoms with Gasteiger partial charge in [-0.3, -0.25) is 0 Å². The molecule has 0 spiro atoms. The van der Waals surface area contributed by atoms with Gasteiger partial charge in [0.1, 0.15) is 0 Å². The number of halogens is 19. The van der Waals surface area contributed by atoms with Gasteiger partial charge in [0, 0.05) is 5.56 Å². The van der Waals surface area contributed by atoms with Crippen LogP contribution in [0.2, 0.25) is 0 Å². The van der Waals surface area contributed by atoms with E-state index in [1.54, 1.807) is 0 Å². The van der Waals surface area contributed by atoms with Gasteiger partial charge in [-0.05, 0) is 12.1 Å². The zero-order valence-corrected chi connectivity index (χ0v) is 18.1. The number of benzene rings is 1. The summed E-state index contributed by atoms with van der Waals surface area (Å²) in [6.07, 6.45) is -7.94. The third-order valence-electron chi connectivity index (χ3n) is 4.63. The first-order valence-electron chi connectivity index (χ1n) is 8.69. The lowest BCUT2D eigenvalue weighted by atomic mass is 9.88. The summed E-state index contributed by atoms with van der Waals surface area (Å²) in [6.45, 7) is 0. The van der Waals surface area contributed by atoms with Gasteiger partial charge < -0.3 is 0 Å². The highest BCUT2D eigenvalue weighted by Gasteiger charge is 2.95. The molecule has 0 aromatic heterocycles. The summed E-state index contributed by atoms with van der Waals surface area (Å²) in [6, 6.07) is 0.174. The standard InChI is InChI=1S/C16H6F19NO2S/c17-7(5-1-3-6(4-2-5)39(36,37)38)8(18)9(19,20)10(21,22)11(23,24)12(25,26)13(27,28)14(29,30)15(31,32)16(33,34)35/h1-4H,(H2,36,37,38). The molecule has 0 radical (unpaired) electrons. The number of alkyl halides is 17. The van der Waals surface area contributed by atoms with E-state index < -0.39 is 79.8 Å². The Hall–Kier alpha value is -2.46. The highest BCUT2D eigenvalue weighted by atomic mass is 32.2. The first kappa shape index (κ1) is 34.6. The molecular formula is C16H6F19NO2S. The minimum Gasteiger partial charge on any atom is -0.225 e. The molecule has 39 heavy (non-hydrogen) atoms. The Bertz CT molecular complexity index is 1210. The van der Waals surface area contributed by atoms with Crippen LogP contribution in [0, 0.1) is 0 Å². The van der Waals surface area contributed by atoms with Crippen LogP contribution >= 0.6 is 0 Å². The molecule has 1 aromatic rings. The van der Waals surface area contributed by atoms with Gasteiger partial charge in [0.25, 0.3) is 0 Å². The summed E-state index contributed by atoms with van der Waals surface area (Å²) < 4.78 is 274. The smallest absolute Gasteiger partial charge is 0.225 e. The number of nitrogens with two attached hydrogens (primary N) is 1. The lowest BCUT2D eigenvalue weighted by Gasteiger charge is -2.42. The third kappa shape index (κ3) is 4.88. The molecule has 0 aliphatic heterocycles. The normalized spacial score (nSPS) is 16.3. The Morgan fingerprint density at radius 3 is 1.15 bits per heavy atom. The van der Waals surface area contributed by atoms with Gasteiger partial charge in [0.15, 0.2) is 5.83 Å². The maximum atomic E-state index is 14.0. The predicted molar refractivity (Wildman–Crippen MR) is 87.6 cm³/mol. The lowest BCUT2D eigenvalue weighted by Crippen LogP contribution is -2.74. The maximum absolute atomic E-state index is 14.0. The van der Waals surface area contributed by atoms with E-state index in [0.29, 0.717) is 0 Å². The summed E-state index contributed by atoms with van der Waals surface area (Å²) in [5, 5.41) is 4.57. The van der Waals surface area contributed by atoms with Crippen molar-refractivity contribution in [3.8, 4) is 0 Å². The average molecular weight is 637 g/mol. The van der Waals surface area contributed by atoms with Crippen molar-refractivity contribution in [3.05, 3.63) is 35.7 Å². The molecule has 0 heterocycles. The van der Waals surface area contributed by atoms with Crippen LogP contribution in [0.4, 0.5) is 83.4 Å². The number of rotatable bonds is 9. The molecule has 0 amide bonds. The minimum absolute atomic E-state index is 0.0659. The van der Waals surface area contributed by atoms with E-state index in [1.807, 2.05) is 0 Å². The van der Waals surface area contributed by atoms with Crippen molar-refractivity contribution in [1.29, 1.82) is 0 Å². The topological polar surface area (TPSA) is 60.2 Å². The van der Waals surface area contributed by atoms with Crippen molar-refractivity contribution in [2.45, 2.75) is 52.5 Å². The van der Waals surface area contributed by atoms with Gasteiger partial charge in [-0.2, -0.15) is 74.6 Å². The van der Waals surface area contributed by atoms with Crippen LogP contribution in [0.5, 0.6) is 0 Å². The van der Waals surface area contributed by atoms with Crippen molar-refractivity contribution in [1.82, 2.24) is 0 Å². The van der Waals surface area contributed by atoms with E-state index >= 15 is 0 Å². The fraction of sp³-hybridized carbons (Fsp3) is 0.500. The first-order chi connectivity index (χ1) is 16.8. The number of sulfonamides is 1. The van der Waals surface area contributed by atoms with Crippen LogP contribution in [-0.2, 0) is 10.0 Å². The van der Waals surface area contributed by atoms with Crippen LogP contribution in [0.15, 0.2) is 35.0 Å². The van der Waals surface area contributed by atoms with E-state index in [4.69, 9.17) is 0 Å². The Balaban J connectivity index is 3.76. The fourth-order valence-corrected chi connectivity index (χ4v) is 2.87. The summed E-state index contributed by atoms with van der Waals surface area (Å²) in [7, 11) is -4.64. The fourth-order valence-electron chi connectivity index (χ4n) is 2.36. The zero-order valence-electron chi connectivity index (χ0n) is 17.3. The molecule has 1 aromatic carbocycles. The number of primary sulfonamides is 1. The Labute approximate surface area is 202 Å². The molecule has 0 aliphatic carbocycles. The van der Waals surface area contributed by atoms with Crippen LogP contribution in [0.3, 0.4) is 0 Å². The van der Waals surface area contributed by atoms with Crippen molar-refractivity contribution < 1.29 is 91.8 Å². The molecule has 0 saturated heterocycles. The second-order valence-corrected chi connectivity index (χ2v) is 8.78. The molecule has 0 bridgehead atoms. The Kier molecular flexibility index (Phi) is 8.24. The summed E-state index contributed by atoms with van der Waals surface area (Å²) in [5.74, 6) is -68.0. The number of allylic oxidation sites excluding steroid dienone is 1. The zero-order chi connectivity index (χ0) is 31.6. The van der Waals surface area contributed by atoms with Gasteiger partial charge in [-0.25, -0.2) is 22.3 Å². The van der Waals surface area contributed by atoms with Gasteiger partial charge in [0.05, 0.1) is 4.90 Å². The lowest BCUT2D eigenvalue weighted by molar-refractivity contribution is -0.460. The van der Waals surface area contributed by atoms with E-state index in [0.717, 1.165) is 0 Å². The van der Waals surface area contributed by atoms with Crippen molar-refractivity contribution in [3.63, 3.8) is 0 Å². The summed E-state index contributed by atoms with van der Waals surface area (Å²) in [4.78, 5) is -0.999. The molecule has 0 fully saturated rings. The highest BCUT2D eigenvalue weighted by Crippen LogP contribution is 2.64. The SMILES string of the molecule is NS(=O)(=O)c1ccc(C(F)=C(F)C(F)(F)C(F)(F)C(F)(F)C(F)(F)C(F)(F)C(F)(F)C(F)(F)C(F)(F)F)cc1. The molecule has 3 nitrogen and oxygen atoms in total. The number of hydrogen-bond donors (Lipinski definition) is 1. The second kappa shape index (κ2) is 9.29. The molecule has 23 heteroatoms.